The van der Waals surface area contributed by atoms with Gasteiger partial charge >= 0.3 is 5.97 Å². The van der Waals surface area contributed by atoms with Crippen molar-refractivity contribution in [2.75, 3.05) is 33.7 Å². The second kappa shape index (κ2) is 5.34. The maximum absolute atomic E-state index is 11.1. The second-order valence-electron chi connectivity index (χ2n) is 4.87. The third kappa shape index (κ3) is 2.71. The summed E-state index contributed by atoms with van der Waals surface area (Å²) >= 11 is 1.50. The van der Waals surface area contributed by atoms with Crippen LogP contribution in [0.25, 0.3) is 0 Å². The molecule has 1 saturated heterocycles. The monoisotopic (exact) mass is 269 g/mol. The van der Waals surface area contributed by atoms with Crippen molar-refractivity contribution in [1.82, 2.24) is 14.8 Å². The van der Waals surface area contributed by atoms with Crippen LogP contribution in [-0.4, -0.2) is 59.6 Å². The van der Waals surface area contributed by atoms with E-state index >= 15 is 0 Å². The lowest BCUT2D eigenvalue weighted by atomic mass is 10.2. The molecule has 0 aliphatic carbocycles. The lowest BCUT2D eigenvalue weighted by Crippen LogP contribution is -2.30. The van der Waals surface area contributed by atoms with E-state index in [4.69, 9.17) is 5.11 Å². The summed E-state index contributed by atoms with van der Waals surface area (Å²) in [5.74, 6) is -0.931. The molecule has 0 aromatic carbocycles. The predicted molar refractivity (Wildman–Crippen MR) is 71.3 cm³/mol. The molecular formula is C12H19N3O2S. The largest absolute Gasteiger partial charge is 0.476 e. The molecular weight excluding hydrogens is 250 g/mol. The van der Waals surface area contributed by atoms with Gasteiger partial charge in [-0.2, -0.15) is 0 Å². The van der Waals surface area contributed by atoms with E-state index in [-0.39, 0.29) is 11.7 Å². The first-order valence-corrected chi connectivity index (χ1v) is 6.90. The van der Waals surface area contributed by atoms with Crippen LogP contribution in [-0.2, 0) is 0 Å². The summed E-state index contributed by atoms with van der Waals surface area (Å²) in [4.78, 5) is 20.7. The van der Waals surface area contributed by atoms with Crippen molar-refractivity contribution in [1.29, 1.82) is 0 Å². The molecule has 5 nitrogen and oxygen atoms in total. The summed E-state index contributed by atoms with van der Waals surface area (Å²) in [7, 11) is 4.19. The average Bonchev–Trinajstić information content (AvgIpc) is 2.59. The minimum atomic E-state index is -0.931. The Balaban J connectivity index is 2.28. The van der Waals surface area contributed by atoms with Crippen LogP contribution in [0.15, 0.2) is 0 Å². The summed E-state index contributed by atoms with van der Waals surface area (Å²) in [5, 5.41) is 9.99. The van der Waals surface area contributed by atoms with Gasteiger partial charge in [0.15, 0.2) is 5.69 Å². The lowest BCUT2D eigenvalue weighted by molar-refractivity contribution is 0.0690. The molecule has 1 aromatic rings. The zero-order valence-corrected chi connectivity index (χ0v) is 11.8. The summed E-state index contributed by atoms with van der Waals surface area (Å²) in [6.45, 7) is 4.83. The van der Waals surface area contributed by atoms with Crippen molar-refractivity contribution in [3.63, 3.8) is 0 Å². The molecule has 2 rings (SSSR count). The molecule has 0 amide bonds. The molecule has 1 N–H and O–H groups in total. The molecule has 18 heavy (non-hydrogen) atoms. The van der Waals surface area contributed by atoms with Gasteiger partial charge in [0, 0.05) is 11.4 Å². The van der Waals surface area contributed by atoms with Crippen molar-refractivity contribution in [2.45, 2.75) is 19.4 Å². The summed E-state index contributed by atoms with van der Waals surface area (Å²) in [6, 6.07) is 0.203. The number of aromatic nitrogens is 1. The Morgan fingerprint density at radius 1 is 1.44 bits per heavy atom. The smallest absolute Gasteiger partial charge is 0.355 e. The molecule has 1 unspecified atom stereocenters. The van der Waals surface area contributed by atoms with E-state index in [9.17, 15) is 4.79 Å². The fraction of sp³-hybridized carbons (Fsp3) is 0.667. The molecule has 1 fully saturated rings. The van der Waals surface area contributed by atoms with Crippen molar-refractivity contribution >= 4 is 17.3 Å². The van der Waals surface area contributed by atoms with E-state index in [2.05, 4.69) is 28.9 Å². The number of rotatable bonds is 2. The number of hydrogen-bond acceptors (Lipinski definition) is 5. The van der Waals surface area contributed by atoms with E-state index in [1.807, 2.05) is 6.92 Å². The average molecular weight is 269 g/mol. The minimum Gasteiger partial charge on any atom is -0.476 e. The van der Waals surface area contributed by atoms with Crippen molar-refractivity contribution in [3.05, 3.63) is 15.6 Å². The van der Waals surface area contributed by atoms with Crippen LogP contribution >= 0.6 is 11.3 Å². The van der Waals surface area contributed by atoms with Crippen LogP contribution in [0.2, 0.25) is 0 Å². The van der Waals surface area contributed by atoms with Gasteiger partial charge in [-0.3, -0.25) is 4.90 Å². The molecule has 100 valence electrons. The standard InChI is InChI=1S/C12H19N3O2S/c1-8-10(12(16)17)13-11(18-8)9-7-14(2)5-4-6-15(9)3/h9H,4-7H2,1-3H3,(H,16,17). The predicted octanol–water partition coefficient (Wildman–Crippen LogP) is 1.46. The Kier molecular flexibility index (Phi) is 3.99. The zero-order valence-electron chi connectivity index (χ0n) is 11.0. The van der Waals surface area contributed by atoms with E-state index < -0.39 is 5.97 Å². The highest BCUT2D eigenvalue weighted by molar-refractivity contribution is 7.11. The quantitative estimate of drug-likeness (QED) is 0.881. The molecule has 0 spiro atoms. The van der Waals surface area contributed by atoms with E-state index in [0.29, 0.717) is 0 Å². The van der Waals surface area contributed by atoms with Gasteiger partial charge in [0.25, 0.3) is 0 Å². The number of carboxylic acid groups (broad SMARTS) is 1. The third-order valence-corrected chi connectivity index (χ3v) is 4.44. The molecule has 1 atom stereocenters. The molecule has 1 aliphatic heterocycles. The molecule has 6 heteroatoms. The molecule has 0 radical (unpaired) electrons. The Morgan fingerprint density at radius 2 is 2.17 bits per heavy atom. The maximum Gasteiger partial charge on any atom is 0.355 e. The van der Waals surface area contributed by atoms with Gasteiger partial charge in [0.2, 0.25) is 0 Å². The Morgan fingerprint density at radius 3 is 2.78 bits per heavy atom. The fourth-order valence-electron chi connectivity index (χ4n) is 2.30. The number of aryl methyl sites for hydroxylation is 1. The van der Waals surface area contributed by atoms with Crippen molar-refractivity contribution in [2.24, 2.45) is 0 Å². The molecule has 1 aliphatic rings. The van der Waals surface area contributed by atoms with Gasteiger partial charge < -0.3 is 10.0 Å². The topological polar surface area (TPSA) is 56.7 Å². The van der Waals surface area contributed by atoms with Gasteiger partial charge in [-0.15, -0.1) is 11.3 Å². The number of carboxylic acids is 1. The van der Waals surface area contributed by atoms with E-state index in [1.165, 1.54) is 11.3 Å². The molecule has 2 heterocycles. The van der Waals surface area contributed by atoms with E-state index in [0.717, 1.165) is 35.9 Å². The zero-order chi connectivity index (χ0) is 13.3. The van der Waals surface area contributed by atoms with Crippen LogP contribution in [0.5, 0.6) is 0 Å². The number of aromatic carboxylic acids is 1. The van der Waals surface area contributed by atoms with Gasteiger partial charge in [-0.1, -0.05) is 0 Å². The van der Waals surface area contributed by atoms with Crippen LogP contribution in [0.1, 0.15) is 32.8 Å². The van der Waals surface area contributed by atoms with Crippen LogP contribution in [0.4, 0.5) is 0 Å². The van der Waals surface area contributed by atoms with Gasteiger partial charge in [-0.25, -0.2) is 9.78 Å². The summed E-state index contributed by atoms with van der Waals surface area (Å²) < 4.78 is 0. The molecule has 0 bridgehead atoms. The lowest BCUT2D eigenvalue weighted by Gasteiger charge is -2.25. The van der Waals surface area contributed by atoms with Gasteiger partial charge in [0.1, 0.15) is 5.01 Å². The first-order valence-electron chi connectivity index (χ1n) is 6.08. The highest BCUT2D eigenvalue weighted by Gasteiger charge is 2.26. The van der Waals surface area contributed by atoms with Crippen molar-refractivity contribution < 1.29 is 9.90 Å². The summed E-state index contributed by atoms with van der Waals surface area (Å²) in [6.07, 6.45) is 1.14. The first-order chi connectivity index (χ1) is 8.49. The highest BCUT2D eigenvalue weighted by atomic mass is 32.1. The molecule has 0 saturated carbocycles. The third-order valence-electron chi connectivity index (χ3n) is 3.37. The van der Waals surface area contributed by atoms with E-state index in [1.54, 1.807) is 0 Å². The first kappa shape index (κ1) is 13.5. The summed E-state index contributed by atoms with van der Waals surface area (Å²) in [5.41, 5.74) is 0.204. The second-order valence-corrected chi connectivity index (χ2v) is 6.11. The number of nitrogens with zero attached hydrogens (tertiary/aromatic N) is 3. The minimum absolute atomic E-state index is 0.203. The van der Waals surface area contributed by atoms with Crippen molar-refractivity contribution in [3.8, 4) is 0 Å². The SMILES string of the molecule is Cc1sc(C2CN(C)CCCN2C)nc1C(=O)O. The van der Waals surface area contributed by atoms with Gasteiger partial charge in [0.05, 0.1) is 6.04 Å². The Labute approximate surface area is 111 Å². The Hall–Kier alpha value is -0.980. The van der Waals surface area contributed by atoms with Crippen LogP contribution in [0, 0.1) is 6.92 Å². The Bertz CT molecular complexity index is 447. The normalized spacial score (nSPS) is 22.9. The number of likely N-dealkylation sites (N-methyl/N-ethyl adjacent to an activating group) is 2. The highest BCUT2D eigenvalue weighted by Crippen LogP contribution is 2.28. The maximum atomic E-state index is 11.1. The van der Waals surface area contributed by atoms with Crippen LogP contribution in [0.3, 0.4) is 0 Å². The number of carbonyl (C=O) groups is 1. The van der Waals surface area contributed by atoms with Crippen LogP contribution < -0.4 is 0 Å². The number of thiazole rings is 1. The molecule has 1 aromatic heterocycles. The fourth-order valence-corrected chi connectivity index (χ4v) is 3.37. The van der Waals surface area contributed by atoms with Gasteiger partial charge in [-0.05, 0) is 40.5 Å². The number of hydrogen-bond donors (Lipinski definition) is 1.